The van der Waals surface area contributed by atoms with Crippen LogP contribution in [0.1, 0.15) is 25.7 Å². The molecule has 4 nitrogen and oxygen atoms in total. The van der Waals surface area contributed by atoms with Crippen LogP contribution >= 0.6 is 0 Å². The number of carbonyl (C=O) groups is 1. The number of nitrogens with one attached hydrogen (secondary N) is 1. The highest BCUT2D eigenvalue weighted by molar-refractivity contribution is 5.98. The first kappa shape index (κ1) is 12.5. The van der Waals surface area contributed by atoms with Gasteiger partial charge in [-0.05, 0) is 49.9 Å². The van der Waals surface area contributed by atoms with Crippen LogP contribution in [0.3, 0.4) is 0 Å². The van der Waals surface area contributed by atoms with E-state index in [0.717, 1.165) is 30.8 Å². The first-order valence-corrected chi connectivity index (χ1v) is 6.99. The molecule has 0 radical (unpaired) electrons. The van der Waals surface area contributed by atoms with Gasteiger partial charge in [-0.1, -0.05) is 0 Å². The summed E-state index contributed by atoms with van der Waals surface area (Å²) in [6.07, 6.45) is 4.45. The number of methoxy groups -OCH3 is 1. The minimum absolute atomic E-state index is 0.00310. The molecule has 0 spiro atoms. The average Bonchev–Trinajstić information content (AvgIpc) is 3.25. The molecular formula is C15H20N2O2. The summed E-state index contributed by atoms with van der Waals surface area (Å²) in [7, 11) is 1.65. The van der Waals surface area contributed by atoms with Crippen LogP contribution in [0.25, 0.3) is 0 Å². The van der Waals surface area contributed by atoms with Crippen molar-refractivity contribution >= 4 is 11.6 Å². The molecule has 1 unspecified atom stereocenters. The van der Waals surface area contributed by atoms with Gasteiger partial charge in [0.1, 0.15) is 5.75 Å². The zero-order valence-electron chi connectivity index (χ0n) is 11.3. The van der Waals surface area contributed by atoms with E-state index in [1.54, 1.807) is 7.11 Å². The van der Waals surface area contributed by atoms with Crippen LogP contribution in [-0.2, 0) is 4.79 Å². The van der Waals surface area contributed by atoms with E-state index in [2.05, 4.69) is 5.32 Å². The Hall–Kier alpha value is -1.55. The Bertz CT molecular complexity index is 454. The lowest BCUT2D eigenvalue weighted by atomic mass is 10.0. The Balaban J connectivity index is 1.72. The molecule has 1 heterocycles. The minimum Gasteiger partial charge on any atom is -0.497 e. The summed E-state index contributed by atoms with van der Waals surface area (Å²) in [6.45, 7) is 0.814. The molecule has 2 aliphatic rings. The van der Waals surface area contributed by atoms with Crippen molar-refractivity contribution in [2.24, 2.45) is 0 Å². The second-order valence-electron chi connectivity index (χ2n) is 5.32. The molecule has 0 bridgehead atoms. The number of amides is 1. The lowest BCUT2D eigenvalue weighted by molar-refractivity contribution is -0.121. The number of nitrogens with zero attached hydrogens (tertiary/aromatic N) is 1. The van der Waals surface area contributed by atoms with E-state index in [-0.39, 0.29) is 11.9 Å². The molecule has 1 aliphatic carbocycles. The molecule has 1 aromatic rings. The Labute approximate surface area is 113 Å². The highest BCUT2D eigenvalue weighted by Crippen LogP contribution is 2.26. The fourth-order valence-corrected chi connectivity index (χ4v) is 2.58. The number of ether oxygens (including phenoxy) is 1. The minimum atomic E-state index is 0.00310. The largest absolute Gasteiger partial charge is 0.497 e. The first-order valence-electron chi connectivity index (χ1n) is 6.99. The van der Waals surface area contributed by atoms with Gasteiger partial charge in [0.05, 0.1) is 13.2 Å². The van der Waals surface area contributed by atoms with Crippen molar-refractivity contribution in [3.05, 3.63) is 24.3 Å². The van der Waals surface area contributed by atoms with Crippen LogP contribution in [-0.4, -0.2) is 31.6 Å². The van der Waals surface area contributed by atoms with Crippen LogP contribution in [0.4, 0.5) is 5.69 Å². The predicted octanol–water partition coefficient (Wildman–Crippen LogP) is 1.94. The molecule has 102 valence electrons. The Kier molecular flexibility index (Phi) is 3.42. The summed E-state index contributed by atoms with van der Waals surface area (Å²) in [5, 5.41) is 3.45. The Morgan fingerprint density at radius 2 is 1.95 bits per heavy atom. The molecule has 1 aromatic carbocycles. The molecule has 1 N–H and O–H groups in total. The molecule has 1 saturated heterocycles. The van der Waals surface area contributed by atoms with Gasteiger partial charge >= 0.3 is 0 Å². The molecule has 1 amide bonds. The van der Waals surface area contributed by atoms with Gasteiger partial charge in [0.2, 0.25) is 5.91 Å². The fourth-order valence-electron chi connectivity index (χ4n) is 2.58. The molecule has 0 aromatic heterocycles. The van der Waals surface area contributed by atoms with Gasteiger partial charge in [0.25, 0.3) is 0 Å². The fraction of sp³-hybridized carbons (Fsp3) is 0.533. The maximum Gasteiger partial charge on any atom is 0.244 e. The van der Waals surface area contributed by atoms with E-state index >= 15 is 0 Å². The second-order valence-corrected chi connectivity index (χ2v) is 5.32. The van der Waals surface area contributed by atoms with E-state index in [4.69, 9.17) is 4.74 Å². The smallest absolute Gasteiger partial charge is 0.244 e. The van der Waals surface area contributed by atoms with Crippen molar-refractivity contribution in [1.82, 2.24) is 5.32 Å². The second kappa shape index (κ2) is 5.21. The van der Waals surface area contributed by atoms with Crippen LogP contribution < -0.4 is 15.0 Å². The van der Waals surface area contributed by atoms with E-state index in [9.17, 15) is 4.79 Å². The molecule has 1 aliphatic heterocycles. The third-order valence-electron chi connectivity index (χ3n) is 3.84. The van der Waals surface area contributed by atoms with E-state index in [1.807, 2.05) is 29.2 Å². The Morgan fingerprint density at radius 3 is 2.58 bits per heavy atom. The van der Waals surface area contributed by atoms with Gasteiger partial charge in [-0.25, -0.2) is 0 Å². The molecule has 1 atom stereocenters. The van der Waals surface area contributed by atoms with E-state index in [0.29, 0.717) is 6.04 Å². The Morgan fingerprint density at radius 1 is 1.21 bits per heavy atom. The standard InChI is InChI=1S/C15H20N2O2/c1-19-13-8-6-12(7-9-13)17-10-2-3-14(15(17)18)16-11-4-5-11/h6-9,11,14,16H,2-5,10H2,1H3. The van der Waals surface area contributed by atoms with Gasteiger partial charge in [0.15, 0.2) is 0 Å². The normalized spacial score (nSPS) is 23.5. The summed E-state index contributed by atoms with van der Waals surface area (Å²) in [4.78, 5) is 14.4. The van der Waals surface area contributed by atoms with Crippen molar-refractivity contribution in [2.75, 3.05) is 18.6 Å². The van der Waals surface area contributed by atoms with Gasteiger partial charge in [0, 0.05) is 18.3 Å². The highest BCUT2D eigenvalue weighted by Gasteiger charge is 2.33. The summed E-state index contributed by atoms with van der Waals surface area (Å²) < 4.78 is 5.15. The monoisotopic (exact) mass is 260 g/mol. The predicted molar refractivity (Wildman–Crippen MR) is 74.5 cm³/mol. The molecular weight excluding hydrogens is 240 g/mol. The van der Waals surface area contributed by atoms with Crippen molar-refractivity contribution in [2.45, 2.75) is 37.8 Å². The van der Waals surface area contributed by atoms with Crippen molar-refractivity contribution in [3.8, 4) is 5.75 Å². The van der Waals surface area contributed by atoms with Gasteiger partial charge in [-0.2, -0.15) is 0 Å². The lowest BCUT2D eigenvalue weighted by Crippen LogP contribution is -2.51. The van der Waals surface area contributed by atoms with Gasteiger partial charge < -0.3 is 15.0 Å². The molecule has 1 saturated carbocycles. The van der Waals surface area contributed by atoms with Crippen molar-refractivity contribution in [1.29, 1.82) is 0 Å². The number of carbonyl (C=O) groups excluding carboxylic acids is 1. The maximum atomic E-state index is 12.5. The number of hydrogen-bond donors (Lipinski definition) is 1. The number of anilines is 1. The summed E-state index contributed by atoms with van der Waals surface area (Å²) >= 11 is 0. The average molecular weight is 260 g/mol. The molecule has 19 heavy (non-hydrogen) atoms. The number of hydrogen-bond acceptors (Lipinski definition) is 3. The highest BCUT2D eigenvalue weighted by atomic mass is 16.5. The van der Waals surface area contributed by atoms with Crippen LogP contribution in [0, 0.1) is 0 Å². The van der Waals surface area contributed by atoms with Crippen LogP contribution in [0.15, 0.2) is 24.3 Å². The number of piperidine rings is 1. The van der Waals surface area contributed by atoms with E-state index < -0.39 is 0 Å². The molecule has 2 fully saturated rings. The van der Waals surface area contributed by atoms with E-state index in [1.165, 1.54) is 12.8 Å². The van der Waals surface area contributed by atoms with Crippen molar-refractivity contribution < 1.29 is 9.53 Å². The zero-order chi connectivity index (χ0) is 13.2. The maximum absolute atomic E-state index is 12.5. The SMILES string of the molecule is COc1ccc(N2CCCC(NC3CC3)C2=O)cc1. The zero-order valence-corrected chi connectivity index (χ0v) is 11.3. The third kappa shape index (κ3) is 2.73. The number of benzene rings is 1. The van der Waals surface area contributed by atoms with Crippen LogP contribution in [0.5, 0.6) is 5.75 Å². The summed E-state index contributed by atoms with van der Waals surface area (Å²) in [5.74, 6) is 1.03. The van der Waals surface area contributed by atoms with Crippen LogP contribution in [0.2, 0.25) is 0 Å². The van der Waals surface area contributed by atoms with Gasteiger partial charge in [-0.15, -0.1) is 0 Å². The summed E-state index contributed by atoms with van der Waals surface area (Å²) in [5.41, 5.74) is 0.966. The van der Waals surface area contributed by atoms with Crippen molar-refractivity contribution in [3.63, 3.8) is 0 Å². The van der Waals surface area contributed by atoms with Gasteiger partial charge in [-0.3, -0.25) is 4.79 Å². The molecule has 4 heteroatoms. The topological polar surface area (TPSA) is 41.6 Å². The molecule has 3 rings (SSSR count). The number of rotatable bonds is 4. The first-order chi connectivity index (χ1) is 9.28. The lowest BCUT2D eigenvalue weighted by Gasteiger charge is -2.33. The summed E-state index contributed by atoms with van der Waals surface area (Å²) in [6, 6.07) is 8.29. The quantitative estimate of drug-likeness (QED) is 0.899. The third-order valence-corrected chi connectivity index (χ3v) is 3.84.